The third kappa shape index (κ3) is 2.91. The third-order valence-corrected chi connectivity index (χ3v) is 5.07. The highest BCUT2D eigenvalue weighted by Gasteiger charge is 2.20. The van der Waals surface area contributed by atoms with Gasteiger partial charge in [-0.2, -0.15) is 0 Å². The van der Waals surface area contributed by atoms with E-state index in [1.807, 2.05) is 12.1 Å². The highest BCUT2D eigenvalue weighted by Crippen LogP contribution is 2.35. The molecule has 1 amide bonds. The summed E-state index contributed by atoms with van der Waals surface area (Å²) in [6, 6.07) is 5.51. The summed E-state index contributed by atoms with van der Waals surface area (Å²) in [6.45, 7) is 0.726. The Kier molecular flexibility index (Phi) is 3.85. The largest absolute Gasteiger partial charge is 0.397 e. The molecule has 1 fully saturated rings. The Hall–Kier alpha value is -1.26. The van der Waals surface area contributed by atoms with Gasteiger partial charge in [0.05, 0.1) is 5.69 Å². The number of thiophene rings is 1. The molecule has 106 valence electrons. The minimum absolute atomic E-state index is 0.0735. The maximum atomic E-state index is 12.2. The second-order valence-corrected chi connectivity index (χ2v) is 6.82. The van der Waals surface area contributed by atoms with Gasteiger partial charge in [-0.1, -0.05) is 24.4 Å². The number of hydrogen-bond acceptors (Lipinski definition) is 3. The molecule has 3 nitrogen and oxygen atoms in total. The highest BCUT2D eigenvalue weighted by molar-refractivity contribution is 7.21. The first kappa shape index (κ1) is 13.7. The standard InChI is InChI=1S/C15H17ClN2OS/c16-10-5-6-11-12(8-10)20-14(13(11)17)15(19)18-7-1-2-9-3-4-9/h5-6,8-9H,1-4,7,17H2,(H,18,19). The number of nitrogens with two attached hydrogens (primary N) is 1. The van der Waals surface area contributed by atoms with Crippen molar-refractivity contribution in [3.05, 3.63) is 28.1 Å². The highest BCUT2D eigenvalue weighted by atomic mass is 35.5. The van der Waals surface area contributed by atoms with Gasteiger partial charge in [0, 0.05) is 21.7 Å². The first-order valence-electron chi connectivity index (χ1n) is 6.91. The van der Waals surface area contributed by atoms with Gasteiger partial charge in [0.25, 0.3) is 5.91 Å². The quantitative estimate of drug-likeness (QED) is 0.818. The number of benzene rings is 1. The van der Waals surface area contributed by atoms with E-state index >= 15 is 0 Å². The summed E-state index contributed by atoms with van der Waals surface area (Å²) in [4.78, 5) is 12.8. The molecule has 1 aliphatic carbocycles. The average molecular weight is 309 g/mol. The van der Waals surface area contributed by atoms with Crippen LogP contribution in [0.3, 0.4) is 0 Å². The van der Waals surface area contributed by atoms with Gasteiger partial charge in [0.1, 0.15) is 4.88 Å². The van der Waals surface area contributed by atoms with Gasteiger partial charge in [0.15, 0.2) is 0 Å². The third-order valence-electron chi connectivity index (χ3n) is 3.67. The van der Waals surface area contributed by atoms with E-state index in [4.69, 9.17) is 17.3 Å². The molecule has 3 rings (SSSR count). The summed E-state index contributed by atoms with van der Waals surface area (Å²) in [5.41, 5.74) is 6.62. The van der Waals surface area contributed by atoms with Crippen molar-refractivity contribution in [3.8, 4) is 0 Å². The van der Waals surface area contributed by atoms with E-state index in [1.165, 1.54) is 30.6 Å². The molecule has 5 heteroatoms. The molecule has 0 bridgehead atoms. The fourth-order valence-electron chi connectivity index (χ4n) is 2.34. The zero-order valence-electron chi connectivity index (χ0n) is 11.1. The molecule has 1 aliphatic rings. The number of fused-ring (bicyclic) bond motifs is 1. The lowest BCUT2D eigenvalue weighted by molar-refractivity contribution is 0.0957. The molecule has 0 unspecified atom stereocenters. The predicted molar refractivity (Wildman–Crippen MR) is 85.5 cm³/mol. The Morgan fingerprint density at radius 1 is 1.45 bits per heavy atom. The van der Waals surface area contributed by atoms with Crippen molar-refractivity contribution in [2.24, 2.45) is 5.92 Å². The van der Waals surface area contributed by atoms with Gasteiger partial charge in [-0.15, -0.1) is 11.3 Å². The van der Waals surface area contributed by atoms with Crippen LogP contribution in [0.4, 0.5) is 5.69 Å². The SMILES string of the molecule is Nc1c(C(=O)NCCCC2CC2)sc2cc(Cl)ccc12. The molecular weight excluding hydrogens is 292 g/mol. The van der Waals surface area contributed by atoms with Crippen LogP contribution < -0.4 is 11.1 Å². The topological polar surface area (TPSA) is 55.1 Å². The maximum absolute atomic E-state index is 12.2. The summed E-state index contributed by atoms with van der Waals surface area (Å²) in [7, 11) is 0. The van der Waals surface area contributed by atoms with Crippen molar-refractivity contribution in [2.45, 2.75) is 25.7 Å². The van der Waals surface area contributed by atoms with Crippen LogP contribution in [0.25, 0.3) is 10.1 Å². The Morgan fingerprint density at radius 3 is 3.00 bits per heavy atom. The predicted octanol–water partition coefficient (Wildman–Crippen LogP) is 4.06. The second kappa shape index (κ2) is 5.62. The lowest BCUT2D eigenvalue weighted by Crippen LogP contribution is -2.24. The van der Waals surface area contributed by atoms with Gasteiger partial charge in [-0.3, -0.25) is 4.79 Å². The molecule has 0 aliphatic heterocycles. The molecule has 20 heavy (non-hydrogen) atoms. The normalized spacial score (nSPS) is 14.7. The van der Waals surface area contributed by atoms with Crippen LogP contribution >= 0.6 is 22.9 Å². The van der Waals surface area contributed by atoms with E-state index in [0.717, 1.165) is 29.0 Å². The molecule has 0 atom stereocenters. The fourth-order valence-corrected chi connectivity index (χ4v) is 3.65. The molecule has 3 N–H and O–H groups in total. The fraction of sp³-hybridized carbons (Fsp3) is 0.400. The van der Waals surface area contributed by atoms with Crippen molar-refractivity contribution in [2.75, 3.05) is 12.3 Å². The van der Waals surface area contributed by atoms with E-state index in [2.05, 4.69) is 5.32 Å². The van der Waals surface area contributed by atoms with E-state index in [1.54, 1.807) is 6.07 Å². The van der Waals surface area contributed by atoms with Gasteiger partial charge in [0.2, 0.25) is 0 Å². The first-order chi connectivity index (χ1) is 9.65. The van der Waals surface area contributed by atoms with Gasteiger partial charge >= 0.3 is 0 Å². The van der Waals surface area contributed by atoms with Crippen LogP contribution in [-0.4, -0.2) is 12.5 Å². The van der Waals surface area contributed by atoms with Crippen LogP contribution in [0.1, 0.15) is 35.4 Å². The molecule has 0 saturated heterocycles. The van der Waals surface area contributed by atoms with E-state index in [0.29, 0.717) is 15.6 Å². The number of hydrogen-bond donors (Lipinski definition) is 2. The summed E-state index contributed by atoms with van der Waals surface area (Å²) in [6.07, 6.45) is 4.99. The lowest BCUT2D eigenvalue weighted by atomic mass is 10.2. The molecule has 1 aromatic carbocycles. The van der Waals surface area contributed by atoms with Crippen molar-refractivity contribution >= 4 is 44.6 Å². The van der Waals surface area contributed by atoms with E-state index in [-0.39, 0.29) is 5.91 Å². The monoisotopic (exact) mass is 308 g/mol. The number of amides is 1. The first-order valence-corrected chi connectivity index (χ1v) is 8.10. The van der Waals surface area contributed by atoms with Crippen molar-refractivity contribution in [1.82, 2.24) is 5.32 Å². The number of nitrogens with one attached hydrogen (secondary N) is 1. The van der Waals surface area contributed by atoms with Gasteiger partial charge in [-0.25, -0.2) is 0 Å². The van der Waals surface area contributed by atoms with Crippen LogP contribution in [0.2, 0.25) is 5.02 Å². The molecule has 1 aromatic heterocycles. The number of anilines is 1. The molecule has 1 saturated carbocycles. The van der Waals surface area contributed by atoms with Crippen molar-refractivity contribution in [3.63, 3.8) is 0 Å². The number of carbonyl (C=O) groups is 1. The van der Waals surface area contributed by atoms with Crippen molar-refractivity contribution < 1.29 is 4.79 Å². The Labute approximate surface area is 127 Å². The Morgan fingerprint density at radius 2 is 2.25 bits per heavy atom. The number of halogens is 1. The Balaban J connectivity index is 1.68. The molecule has 2 aromatic rings. The summed E-state index contributed by atoms with van der Waals surface area (Å²) < 4.78 is 0.957. The second-order valence-electron chi connectivity index (χ2n) is 5.33. The minimum Gasteiger partial charge on any atom is -0.397 e. The molecule has 0 spiro atoms. The summed E-state index contributed by atoms with van der Waals surface area (Å²) >= 11 is 7.36. The van der Waals surface area contributed by atoms with Crippen molar-refractivity contribution in [1.29, 1.82) is 0 Å². The number of carbonyl (C=O) groups excluding carboxylic acids is 1. The van der Waals surface area contributed by atoms with Crippen LogP contribution in [-0.2, 0) is 0 Å². The zero-order valence-corrected chi connectivity index (χ0v) is 12.7. The minimum atomic E-state index is -0.0735. The van der Waals surface area contributed by atoms with Gasteiger partial charge < -0.3 is 11.1 Å². The van der Waals surface area contributed by atoms with E-state index in [9.17, 15) is 4.79 Å². The molecule has 1 heterocycles. The smallest absolute Gasteiger partial charge is 0.263 e. The summed E-state index contributed by atoms with van der Waals surface area (Å²) in [5, 5.41) is 4.52. The molecular formula is C15H17ClN2OS. The number of rotatable bonds is 5. The van der Waals surface area contributed by atoms with Gasteiger partial charge in [-0.05, 0) is 37.0 Å². The van der Waals surface area contributed by atoms with Crippen LogP contribution in [0.15, 0.2) is 18.2 Å². The number of nitrogen functional groups attached to an aromatic ring is 1. The van der Waals surface area contributed by atoms with Crippen LogP contribution in [0.5, 0.6) is 0 Å². The maximum Gasteiger partial charge on any atom is 0.263 e. The summed E-state index contributed by atoms with van der Waals surface area (Å²) in [5.74, 6) is 0.832. The lowest BCUT2D eigenvalue weighted by Gasteiger charge is -2.03. The van der Waals surface area contributed by atoms with E-state index < -0.39 is 0 Å². The zero-order chi connectivity index (χ0) is 14.1. The van der Waals surface area contributed by atoms with Crippen LogP contribution in [0, 0.1) is 5.92 Å². The average Bonchev–Trinajstić information content (AvgIpc) is 3.19. The Bertz CT molecular complexity index is 649. The molecule has 0 radical (unpaired) electrons.